The Bertz CT molecular complexity index is 727. The molecule has 0 aliphatic carbocycles. The molecule has 21 heavy (non-hydrogen) atoms. The fourth-order valence-corrected chi connectivity index (χ4v) is 2.35. The van der Waals surface area contributed by atoms with Gasteiger partial charge in [-0.15, -0.1) is 0 Å². The molecule has 7 heteroatoms. The lowest BCUT2D eigenvalue weighted by Crippen LogP contribution is -2.09. The highest BCUT2D eigenvalue weighted by Crippen LogP contribution is 2.28. The van der Waals surface area contributed by atoms with Crippen molar-refractivity contribution in [3.63, 3.8) is 0 Å². The second-order valence-corrected chi connectivity index (χ2v) is 6.34. The molecule has 0 atom stereocenters. The first-order valence-electron chi connectivity index (χ1n) is 6.17. The highest BCUT2D eigenvalue weighted by Gasteiger charge is 2.05. The van der Waals surface area contributed by atoms with E-state index >= 15 is 0 Å². The zero-order valence-electron chi connectivity index (χ0n) is 11.4. The molecule has 0 aliphatic heterocycles. The number of anilines is 2. The second kappa shape index (κ2) is 5.92. The van der Waals surface area contributed by atoms with E-state index in [1.807, 2.05) is 0 Å². The summed E-state index contributed by atoms with van der Waals surface area (Å²) in [5.74, 6) is -0.317. The summed E-state index contributed by atoms with van der Waals surface area (Å²) < 4.78 is 24.5. The predicted molar refractivity (Wildman–Crippen MR) is 82.0 cm³/mol. The third-order valence-electron chi connectivity index (χ3n) is 2.77. The molecule has 2 aromatic carbocycles. The summed E-state index contributed by atoms with van der Waals surface area (Å²) in [7, 11) is -3.29. The molecule has 2 aromatic rings. The zero-order valence-corrected chi connectivity index (χ0v) is 12.2. The molecular formula is C14H16N2O4S. The summed E-state index contributed by atoms with van der Waals surface area (Å²) in [6.07, 6.45) is 1.09. The maximum Gasteiger partial charge on any atom is 0.229 e. The Morgan fingerprint density at radius 1 is 1.00 bits per heavy atom. The van der Waals surface area contributed by atoms with Gasteiger partial charge in [-0.05, 0) is 30.3 Å². The lowest BCUT2D eigenvalue weighted by atomic mass is 10.2. The average Bonchev–Trinajstić information content (AvgIpc) is 2.40. The van der Waals surface area contributed by atoms with Gasteiger partial charge in [0.1, 0.15) is 0 Å². The molecule has 0 fully saturated rings. The van der Waals surface area contributed by atoms with Crippen LogP contribution in [-0.4, -0.2) is 24.9 Å². The van der Waals surface area contributed by atoms with Crippen LogP contribution in [0.15, 0.2) is 42.5 Å². The maximum atomic E-state index is 11.1. The second-order valence-electron chi connectivity index (χ2n) is 4.59. The van der Waals surface area contributed by atoms with Gasteiger partial charge in [-0.1, -0.05) is 12.1 Å². The molecule has 0 bridgehead atoms. The number of sulfonamides is 1. The Balaban J connectivity index is 2.02. The van der Waals surface area contributed by atoms with Crippen molar-refractivity contribution in [2.75, 3.05) is 16.3 Å². The van der Waals surface area contributed by atoms with Gasteiger partial charge < -0.3 is 15.5 Å². The summed E-state index contributed by atoms with van der Waals surface area (Å²) in [6, 6.07) is 11.4. The number of aromatic hydroxyl groups is 2. The standard InChI is InChI=1S/C14H16N2O4S/c1-21(19,20)16-12-7-5-11(6-8-12)15-9-10-3-2-4-13(17)14(10)18/h2-8,15-18H,9H2,1H3. The van der Waals surface area contributed by atoms with Crippen molar-refractivity contribution >= 4 is 21.4 Å². The van der Waals surface area contributed by atoms with Crippen molar-refractivity contribution in [1.29, 1.82) is 0 Å². The molecule has 4 N–H and O–H groups in total. The van der Waals surface area contributed by atoms with Crippen LogP contribution in [-0.2, 0) is 16.6 Å². The van der Waals surface area contributed by atoms with E-state index in [0.717, 1.165) is 11.9 Å². The minimum atomic E-state index is -3.29. The van der Waals surface area contributed by atoms with Crippen LogP contribution in [0, 0.1) is 0 Å². The van der Waals surface area contributed by atoms with Crippen molar-refractivity contribution in [2.45, 2.75) is 6.54 Å². The van der Waals surface area contributed by atoms with Gasteiger partial charge in [0.15, 0.2) is 11.5 Å². The molecule has 6 nitrogen and oxygen atoms in total. The Hall–Kier alpha value is -2.41. The largest absolute Gasteiger partial charge is 0.504 e. The molecule has 0 saturated carbocycles. The molecule has 0 spiro atoms. The number of rotatable bonds is 5. The Kier molecular flexibility index (Phi) is 4.23. The van der Waals surface area contributed by atoms with Crippen LogP contribution in [0.25, 0.3) is 0 Å². The lowest BCUT2D eigenvalue weighted by Gasteiger charge is -2.10. The van der Waals surface area contributed by atoms with Crippen LogP contribution >= 0.6 is 0 Å². The van der Waals surface area contributed by atoms with Gasteiger partial charge in [0.05, 0.1) is 6.26 Å². The van der Waals surface area contributed by atoms with E-state index in [2.05, 4.69) is 10.0 Å². The summed E-state index contributed by atoms with van der Waals surface area (Å²) >= 11 is 0. The van der Waals surface area contributed by atoms with Gasteiger partial charge in [-0.3, -0.25) is 4.72 Å². The van der Waals surface area contributed by atoms with E-state index in [1.54, 1.807) is 36.4 Å². The molecular weight excluding hydrogens is 292 g/mol. The smallest absolute Gasteiger partial charge is 0.229 e. The number of phenolic OH excluding ortho intramolecular Hbond substituents is 2. The summed E-state index contributed by atoms with van der Waals surface area (Å²) in [6.45, 7) is 0.332. The topological polar surface area (TPSA) is 98.7 Å². The Morgan fingerprint density at radius 3 is 2.24 bits per heavy atom. The minimum absolute atomic E-state index is 0.152. The van der Waals surface area contributed by atoms with Crippen LogP contribution in [0.3, 0.4) is 0 Å². The number of para-hydroxylation sites is 1. The normalized spacial score (nSPS) is 11.1. The maximum absolute atomic E-state index is 11.1. The van der Waals surface area contributed by atoms with Gasteiger partial charge in [-0.2, -0.15) is 0 Å². The molecule has 0 aromatic heterocycles. The van der Waals surface area contributed by atoms with E-state index in [9.17, 15) is 18.6 Å². The first kappa shape index (κ1) is 15.0. The van der Waals surface area contributed by atoms with E-state index < -0.39 is 10.0 Å². The monoisotopic (exact) mass is 308 g/mol. The van der Waals surface area contributed by atoms with Crippen LogP contribution in [0.5, 0.6) is 11.5 Å². The quantitative estimate of drug-likeness (QED) is 0.634. The number of phenols is 2. The highest BCUT2D eigenvalue weighted by atomic mass is 32.2. The molecule has 0 radical (unpaired) electrons. The molecule has 0 unspecified atom stereocenters. The zero-order chi connectivity index (χ0) is 15.5. The summed E-state index contributed by atoms with van der Waals surface area (Å²) in [5, 5.41) is 22.2. The third kappa shape index (κ3) is 4.28. The van der Waals surface area contributed by atoms with Crippen LogP contribution in [0.1, 0.15) is 5.56 Å². The highest BCUT2D eigenvalue weighted by molar-refractivity contribution is 7.92. The van der Waals surface area contributed by atoms with Crippen LogP contribution < -0.4 is 10.0 Å². The molecule has 2 rings (SSSR count). The Labute approximate surface area is 123 Å². The number of nitrogens with one attached hydrogen (secondary N) is 2. The fraction of sp³-hybridized carbons (Fsp3) is 0.143. The Morgan fingerprint density at radius 2 is 1.62 bits per heavy atom. The summed E-state index contributed by atoms with van der Waals surface area (Å²) in [4.78, 5) is 0. The van der Waals surface area contributed by atoms with Crippen LogP contribution in [0.2, 0.25) is 0 Å². The third-order valence-corrected chi connectivity index (χ3v) is 3.38. The van der Waals surface area contributed by atoms with Gasteiger partial charge in [0.25, 0.3) is 0 Å². The predicted octanol–water partition coefficient (Wildman–Crippen LogP) is 2.08. The molecule has 0 amide bonds. The number of hydrogen-bond acceptors (Lipinski definition) is 5. The number of benzene rings is 2. The van der Waals surface area contributed by atoms with E-state index in [-0.39, 0.29) is 11.5 Å². The van der Waals surface area contributed by atoms with Gasteiger partial charge in [0, 0.05) is 23.5 Å². The molecule has 0 heterocycles. The fourth-order valence-electron chi connectivity index (χ4n) is 1.79. The van der Waals surface area contributed by atoms with Crippen molar-refractivity contribution in [1.82, 2.24) is 0 Å². The van der Waals surface area contributed by atoms with Crippen molar-refractivity contribution in [2.24, 2.45) is 0 Å². The minimum Gasteiger partial charge on any atom is -0.504 e. The first-order chi connectivity index (χ1) is 9.85. The van der Waals surface area contributed by atoms with E-state index in [1.165, 1.54) is 6.07 Å². The van der Waals surface area contributed by atoms with E-state index in [4.69, 9.17) is 0 Å². The summed E-state index contributed by atoms with van der Waals surface area (Å²) in [5.41, 5.74) is 1.80. The van der Waals surface area contributed by atoms with Crippen molar-refractivity contribution in [3.05, 3.63) is 48.0 Å². The van der Waals surface area contributed by atoms with E-state index in [0.29, 0.717) is 17.8 Å². The van der Waals surface area contributed by atoms with Crippen molar-refractivity contribution < 1.29 is 18.6 Å². The molecule has 0 saturated heterocycles. The SMILES string of the molecule is CS(=O)(=O)Nc1ccc(NCc2cccc(O)c2O)cc1. The van der Waals surface area contributed by atoms with Crippen LogP contribution in [0.4, 0.5) is 11.4 Å². The average molecular weight is 308 g/mol. The molecule has 112 valence electrons. The number of hydrogen-bond donors (Lipinski definition) is 4. The van der Waals surface area contributed by atoms with Gasteiger partial charge in [0.2, 0.25) is 10.0 Å². The van der Waals surface area contributed by atoms with Gasteiger partial charge >= 0.3 is 0 Å². The van der Waals surface area contributed by atoms with Gasteiger partial charge in [-0.25, -0.2) is 8.42 Å². The van der Waals surface area contributed by atoms with Crippen molar-refractivity contribution in [3.8, 4) is 11.5 Å². The molecule has 0 aliphatic rings. The first-order valence-corrected chi connectivity index (χ1v) is 8.06. The lowest BCUT2D eigenvalue weighted by molar-refractivity contribution is 0.400.